The Balaban J connectivity index is 0.000000566. The number of alkyl halides is 3. The van der Waals surface area contributed by atoms with Gasteiger partial charge in [-0.05, 0) is 101 Å². The molecule has 1 aliphatic carbocycles. The number of rotatable bonds is 6. The zero-order chi connectivity index (χ0) is 32.1. The van der Waals surface area contributed by atoms with Crippen molar-refractivity contribution in [1.82, 2.24) is 15.1 Å². The van der Waals surface area contributed by atoms with E-state index in [1.54, 1.807) is 26.4 Å². The number of piperidine rings is 1. The van der Waals surface area contributed by atoms with Crippen LogP contribution in [0.5, 0.6) is 11.5 Å². The van der Waals surface area contributed by atoms with Gasteiger partial charge in [-0.2, -0.15) is 13.2 Å². The van der Waals surface area contributed by atoms with E-state index < -0.39 is 12.1 Å². The van der Waals surface area contributed by atoms with Gasteiger partial charge in [0.05, 0.1) is 14.2 Å². The van der Waals surface area contributed by atoms with Gasteiger partial charge in [0.15, 0.2) is 11.5 Å². The minimum absolute atomic E-state index is 0.0140. The van der Waals surface area contributed by atoms with Gasteiger partial charge < -0.3 is 30.1 Å². The molecule has 2 heterocycles. The Bertz CT molecular complexity index is 1300. The van der Waals surface area contributed by atoms with Crippen molar-refractivity contribution in [3.63, 3.8) is 0 Å². The van der Waals surface area contributed by atoms with Crippen molar-refractivity contribution in [1.29, 1.82) is 0 Å². The van der Waals surface area contributed by atoms with Gasteiger partial charge in [0, 0.05) is 29.2 Å². The number of benzene rings is 2. The molecule has 44 heavy (non-hydrogen) atoms. The molecule has 2 amide bonds. The molecule has 1 saturated carbocycles. The standard InChI is InChI=1S/C29H39FN4O3.C2HF3O2/c1-33-14-10-24(11-15-33)34-16-13-29(20-7-8-25(36-2)26(17-20)37-3)12-9-23(19-27(29)34)32-28(35)31-22-6-4-5-21(30)18-22;3-2(4,5)1(6)7/h4-8,17-18,23-24,27H,9-16,19H2,1-3H3,(H2,31,32,35);(H,6,7). The number of aliphatic carboxylic acids is 1. The molecular weight excluding hydrogens is 584 g/mol. The van der Waals surface area contributed by atoms with E-state index in [1.165, 1.54) is 30.5 Å². The van der Waals surface area contributed by atoms with E-state index in [2.05, 4.69) is 39.6 Å². The molecule has 3 N–H and O–H groups in total. The Morgan fingerprint density at radius 3 is 2.27 bits per heavy atom. The van der Waals surface area contributed by atoms with Gasteiger partial charge in [0.25, 0.3) is 0 Å². The van der Waals surface area contributed by atoms with Crippen LogP contribution >= 0.6 is 0 Å². The number of ether oxygens (including phenoxy) is 2. The number of carboxylic acid groups (broad SMARTS) is 1. The van der Waals surface area contributed by atoms with Crippen LogP contribution in [0.15, 0.2) is 42.5 Å². The third kappa shape index (κ3) is 7.73. The van der Waals surface area contributed by atoms with Crippen molar-refractivity contribution in [3.8, 4) is 11.5 Å². The van der Waals surface area contributed by atoms with Crippen LogP contribution in [0.4, 0.5) is 28.0 Å². The summed E-state index contributed by atoms with van der Waals surface area (Å²) in [6.45, 7) is 3.31. The van der Waals surface area contributed by atoms with Crippen molar-refractivity contribution in [2.45, 2.75) is 68.2 Å². The number of nitrogens with one attached hydrogen (secondary N) is 2. The highest BCUT2D eigenvalue weighted by Crippen LogP contribution is 2.51. The van der Waals surface area contributed by atoms with Gasteiger partial charge in [-0.25, -0.2) is 14.0 Å². The number of halogens is 4. The first-order chi connectivity index (χ1) is 20.9. The van der Waals surface area contributed by atoms with Crippen LogP contribution < -0.4 is 20.1 Å². The number of likely N-dealkylation sites (tertiary alicyclic amines) is 2. The topological polar surface area (TPSA) is 103 Å². The van der Waals surface area contributed by atoms with Crippen molar-refractivity contribution in [2.75, 3.05) is 46.2 Å². The minimum Gasteiger partial charge on any atom is -0.493 e. The molecule has 5 rings (SSSR count). The maximum atomic E-state index is 13.6. The second-order valence-electron chi connectivity index (χ2n) is 11.6. The molecule has 242 valence electrons. The van der Waals surface area contributed by atoms with Crippen molar-refractivity contribution in [3.05, 3.63) is 53.8 Å². The third-order valence-electron chi connectivity index (χ3n) is 9.08. The summed E-state index contributed by atoms with van der Waals surface area (Å²) in [4.78, 5) is 26.9. The lowest BCUT2D eigenvalue weighted by atomic mass is 9.65. The fourth-order valence-corrected chi connectivity index (χ4v) is 6.88. The van der Waals surface area contributed by atoms with E-state index in [1.807, 2.05) is 6.07 Å². The van der Waals surface area contributed by atoms with Crippen LogP contribution in [-0.4, -0.2) is 92.1 Å². The van der Waals surface area contributed by atoms with Crippen molar-refractivity contribution < 1.29 is 41.7 Å². The maximum Gasteiger partial charge on any atom is 0.490 e. The zero-order valence-corrected chi connectivity index (χ0v) is 25.1. The number of urea groups is 1. The summed E-state index contributed by atoms with van der Waals surface area (Å²) in [5.41, 5.74) is 1.77. The molecule has 2 saturated heterocycles. The highest BCUT2D eigenvalue weighted by molar-refractivity contribution is 5.89. The van der Waals surface area contributed by atoms with Crippen LogP contribution in [0, 0.1) is 5.82 Å². The average molecular weight is 625 g/mol. The summed E-state index contributed by atoms with van der Waals surface area (Å²) < 4.78 is 56.5. The van der Waals surface area contributed by atoms with Crippen LogP contribution in [-0.2, 0) is 10.2 Å². The zero-order valence-electron chi connectivity index (χ0n) is 25.1. The number of carbonyl (C=O) groups is 2. The molecule has 3 atom stereocenters. The van der Waals surface area contributed by atoms with Crippen LogP contribution in [0.2, 0.25) is 0 Å². The van der Waals surface area contributed by atoms with Gasteiger partial charge >= 0.3 is 18.2 Å². The molecule has 2 aliphatic heterocycles. The molecule has 3 unspecified atom stereocenters. The number of anilines is 1. The molecule has 2 aromatic carbocycles. The summed E-state index contributed by atoms with van der Waals surface area (Å²) in [5, 5.41) is 13.1. The Kier molecular flexibility index (Phi) is 10.6. The predicted octanol–water partition coefficient (Wildman–Crippen LogP) is 5.26. The molecule has 3 aliphatic rings. The fraction of sp³-hybridized carbons (Fsp3) is 0.548. The number of fused-ring (bicyclic) bond motifs is 1. The van der Waals surface area contributed by atoms with Crippen molar-refractivity contribution >= 4 is 17.7 Å². The largest absolute Gasteiger partial charge is 0.493 e. The lowest BCUT2D eigenvalue weighted by molar-refractivity contribution is -0.192. The first kappa shape index (κ1) is 33.3. The van der Waals surface area contributed by atoms with Gasteiger partial charge in [-0.1, -0.05) is 12.1 Å². The summed E-state index contributed by atoms with van der Waals surface area (Å²) in [6, 6.07) is 13.1. The second kappa shape index (κ2) is 14.0. The average Bonchev–Trinajstić information content (AvgIpc) is 3.37. The molecule has 0 radical (unpaired) electrons. The Labute approximate surface area is 254 Å². The number of hydrogen-bond acceptors (Lipinski definition) is 6. The lowest BCUT2D eigenvalue weighted by Crippen LogP contribution is -2.56. The molecule has 3 fully saturated rings. The van der Waals surface area contributed by atoms with Gasteiger partial charge in [0.1, 0.15) is 5.82 Å². The normalized spacial score (nSPS) is 24.4. The Morgan fingerprint density at radius 2 is 1.66 bits per heavy atom. The number of methoxy groups -OCH3 is 2. The fourth-order valence-electron chi connectivity index (χ4n) is 6.88. The highest BCUT2D eigenvalue weighted by Gasteiger charge is 2.53. The lowest BCUT2D eigenvalue weighted by Gasteiger charge is -2.48. The summed E-state index contributed by atoms with van der Waals surface area (Å²) in [5.74, 6) is -1.61. The van der Waals surface area contributed by atoms with Crippen LogP contribution in [0.25, 0.3) is 0 Å². The van der Waals surface area contributed by atoms with E-state index in [4.69, 9.17) is 19.4 Å². The SMILES string of the molecule is COc1ccc(C23CCC(NC(=O)Nc4cccc(F)c4)CC2N(C2CCN(C)CC2)CC3)cc1OC.O=C(O)C(F)(F)F. The molecule has 2 aromatic rings. The summed E-state index contributed by atoms with van der Waals surface area (Å²) >= 11 is 0. The first-order valence-corrected chi connectivity index (χ1v) is 14.7. The molecule has 13 heteroatoms. The number of carbonyl (C=O) groups excluding carboxylic acids is 1. The second-order valence-corrected chi connectivity index (χ2v) is 11.6. The highest BCUT2D eigenvalue weighted by atomic mass is 19.4. The minimum atomic E-state index is -5.08. The smallest absolute Gasteiger partial charge is 0.490 e. The molecule has 9 nitrogen and oxygen atoms in total. The molecular formula is C31H40F4N4O5. The van der Waals surface area contributed by atoms with E-state index in [0.717, 1.165) is 56.8 Å². The van der Waals surface area contributed by atoms with Crippen LogP contribution in [0.1, 0.15) is 44.1 Å². The Hall–Kier alpha value is -3.58. The monoisotopic (exact) mass is 624 g/mol. The van der Waals surface area contributed by atoms with Gasteiger partial charge in [-0.15, -0.1) is 0 Å². The Morgan fingerprint density at radius 1 is 0.977 bits per heavy atom. The van der Waals surface area contributed by atoms with Gasteiger partial charge in [0.2, 0.25) is 0 Å². The predicted molar refractivity (Wildman–Crippen MR) is 157 cm³/mol. The number of amides is 2. The quantitative estimate of drug-likeness (QED) is 0.377. The first-order valence-electron chi connectivity index (χ1n) is 14.7. The van der Waals surface area contributed by atoms with E-state index >= 15 is 0 Å². The molecule has 0 aromatic heterocycles. The van der Waals surface area contributed by atoms with Crippen molar-refractivity contribution in [2.24, 2.45) is 0 Å². The molecule has 0 bridgehead atoms. The summed E-state index contributed by atoms with van der Waals surface area (Å²) in [7, 11) is 5.56. The number of hydrogen-bond donors (Lipinski definition) is 3. The van der Waals surface area contributed by atoms with Crippen LogP contribution in [0.3, 0.4) is 0 Å². The third-order valence-corrected chi connectivity index (χ3v) is 9.08. The maximum absolute atomic E-state index is 13.6. The van der Waals surface area contributed by atoms with Gasteiger partial charge in [-0.3, -0.25) is 4.90 Å². The van der Waals surface area contributed by atoms with E-state index in [0.29, 0.717) is 17.8 Å². The summed E-state index contributed by atoms with van der Waals surface area (Å²) in [6.07, 6.45) is 1.13. The molecule has 0 spiro atoms. The number of carboxylic acids is 1. The van der Waals surface area contributed by atoms with E-state index in [9.17, 15) is 22.4 Å². The number of nitrogens with zero attached hydrogens (tertiary/aromatic N) is 2. The van der Waals surface area contributed by atoms with E-state index in [-0.39, 0.29) is 23.3 Å².